The summed E-state index contributed by atoms with van der Waals surface area (Å²) < 4.78 is 10.4. The number of hydrogen-bond donors (Lipinski definition) is 0. The predicted octanol–water partition coefficient (Wildman–Crippen LogP) is 5.56. The lowest BCUT2D eigenvalue weighted by Crippen LogP contribution is -2.25. The van der Waals surface area contributed by atoms with Crippen LogP contribution in [0.25, 0.3) is 11.1 Å². The molecular formula is C25H28O3. The molecule has 2 aromatic rings. The van der Waals surface area contributed by atoms with Crippen molar-refractivity contribution in [3.63, 3.8) is 0 Å². The molecule has 0 bridgehead atoms. The molecule has 28 heavy (non-hydrogen) atoms. The summed E-state index contributed by atoms with van der Waals surface area (Å²) in [5, 5.41) is 0. The Kier molecular flexibility index (Phi) is 5.01. The molecule has 0 fully saturated rings. The van der Waals surface area contributed by atoms with Crippen LogP contribution in [0.2, 0.25) is 0 Å². The van der Waals surface area contributed by atoms with Crippen LogP contribution in [0.3, 0.4) is 0 Å². The van der Waals surface area contributed by atoms with Crippen molar-refractivity contribution in [3.05, 3.63) is 64.2 Å². The molecule has 0 aromatic heterocycles. The van der Waals surface area contributed by atoms with E-state index in [0.29, 0.717) is 17.4 Å². The Bertz CT molecular complexity index is 954. The van der Waals surface area contributed by atoms with Crippen LogP contribution >= 0.6 is 0 Å². The van der Waals surface area contributed by atoms with E-state index in [2.05, 4.69) is 38.1 Å². The Morgan fingerprint density at radius 1 is 0.893 bits per heavy atom. The molecule has 0 saturated heterocycles. The normalized spacial score (nSPS) is 20.1. The van der Waals surface area contributed by atoms with Crippen LogP contribution < -0.4 is 4.74 Å². The summed E-state index contributed by atoms with van der Waals surface area (Å²) in [6.07, 6.45) is 4.20. The van der Waals surface area contributed by atoms with Crippen LogP contribution in [0.4, 0.5) is 0 Å². The van der Waals surface area contributed by atoms with E-state index in [9.17, 15) is 4.79 Å². The van der Waals surface area contributed by atoms with E-state index < -0.39 is 0 Å². The molecule has 3 heteroatoms. The van der Waals surface area contributed by atoms with Gasteiger partial charge in [-0.25, -0.2) is 4.79 Å². The first-order valence-corrected chi connectivity index (χ1v) is 10.2. The molecular weight excluding hydrogens is 348 g/mol. The third-order valence-corrected chi connectivity index (χ3v) is 6.44. The predicted molar refractivity (Wildman–Crippen MR) is 113 cm³/mol. The van der Waals surface area contributed by atoms with Gasteiger partial charge in [-0.3, -0.25) is 0 Å². The summed E-state index contributed by atoms with van der Waals surface area (Å²) in [5.41, 5.74) is 9.04. The van der Waals surface area contributed by atoms with Gasteiger partial charge in [-0.2, -0.15) is 0 Å². The lowest BCUT2D eigenvalue weighted by atomic mass is 9.65. The Labute approximate surface area is 167 Å². The summed E-state index contributed by atoms with van der Waals surface area (Å²) in [6.45, 7) is 4.54. The van der Waals surface area contributed by atoms with Gasteiger partial charge in [0.2, 0.25) is 0 Å². The average molecular weight is 376 g/mol. The molecule has 0 aliphatic heterocycles. The van der Waals surface area contributed by atoms with Crippen molar-refractivity contribution in [2.75, 3.05) is 14.2 Å². The Hall–Kier alpha value is -2.55. The highest BCUT2D eigenvalue weighted by Gasteiger charge is 2.35. The first-order chi connectivity index (χ1) is 13.6. The van der Waals surface area contributed by atoms with Crippen LogP contribution in [-0.4, -0.2) is 20.2 Å². The number of fused-ring (bicyclic) bond motifs is 4. The second-order valence-electron chi connectivity index (χ2n) is 7.83. The highest BCUT2D eigenvalue weighted by atomic mass is 16.5. The van der Waals surface area contributed by atoms with Gasteiger partial charge < -0.3 is 9.47 Å². The third kappa shape index (κ3) is 2.94. The number of methoxy groups -OCH3 is 2. The lowest BCUT2D eigenvalue weighted by Gasteiger charge is -2.39. The number of carbonyl (C=O) groups is 1. The fourth-order valence-electron chi connectivity index (χ4n) is 5.00. The summed E-state index contributed by atoms with van der Waals surface area (Å²) in [6, 6.07) is 12.6. The van der Waals surface area contributed by atoms with Crippen molar-refractivity contribution < 1.29 is 14.3 Å². The standard InChI is InChI=1S/C25H28O3/c1-5-15-11-18-13-17(25(26)28-4)7-9-21(18)23-16(6-2)12-19-14-20(27-3)8-10-22(19)24(15)23/h7-10,13-16H,5-6,11-12H2,1-4H3/t15-,16+/m0/s1. The van der Waals surface area contributed by atoms with E-state index in [1.807, 2.05) is 12.1 Å². The topological polar surface area (TPSA) is 35.5 Å². The van der Waals surface area contributed by atoms with Gasteiger partial charge >= 0.3 is 5.97 Å². The molecule has 0 spiro atoms. The van der Waals surface area contributed by atoms with Crippen LogP contribution in [0.1, 0.15) is 59.3 Å². The zero-order valence-corrected chi connectivity index (χ0v) is 17.2. The Morgan fingerprint density at radius 3 is 2.00 bits per heavy atom. The molecule has 2 atom stereocenters. The molecule has 0 radical (unpaired) electrons. The smallest absolute Gasteiger partial charge is 0.337 e. The molecule has 0 heterocycles. The lowest BCUT2D eigenvalue weighted by molar-refractivity contribution is 0.0600. The zero-order chi connectivity index (χ0) is 19.8. The molecule has 0 amide bonds. The summed E-state index contributed by atoms with van der Waals surface area (Å²) in [7, 11) is 3.17. The van der Waals surface area contributed by atoms with Crippen LogP contribution in [0.5, 0.6) is 5.75 Å². The van der Waals surface area contributed by atoms with Gasteiger partial charge in [0, 0.05) is 0 Å². The molecule has 2 aliphatic carbocycles. The maximum absolute atomic E-state index is 12.0. The van der Waals surface area contributed by atoms with Gasteiger partial charge in [0.25, 0.3) is 0 Å². The molecule has 0 unspecified atom stereocenters. The molecule has 146 valence electrons. The minimum atomic E-state index is -0.260. The van der Waals surface area contributed by atoms with E-state index in [1.165, 1.54) is 40.5 Å². The van der Waals surface area contributed by atoms with Crippen molar-refractivity contribution in [2.24, 2.45) is 11.8 Å². The number of carbonyl (C=O) groups excluding carboxylic acids is 1. The Balaban J connectivity index is 1.93. The number of rotatable bonds is 4. The summed E-state index contributed by atoms with van der Waals surface area (Å²) >= 11 is 0. The summed E-state index contributed by atoms with van der Waals surface area (Å²) in [5.74, 6) is 1.64. The largest absolute Gasteiger partial charge is 0.497 e. The minimum absolute atomic E-state index is 0.260. The van der Waals surface area contributed by atoms with E-state index >= 15 is 0 Å². The molecule has 4 rings (SSSR count). The van der Waals surface area contributed by atoms with Gasteiger partial charge in [0.15, 0.2) is 0 Å². The summed E-state index contributed by atoms with van der Waals surface area (Å²) in [4.78, 5) is 12.0. The van der Waals surface area contributed by atoms with Gasteiger partial charge in [-0.05, 0) is 95.2 Å². The van der Waals surface area contributed by atoms with Crippen LogP contribution in [0.15, 0.2) is 36.4 Å². The van der Waals surface area contributed by atoms with Gasteiger partial charge in [-0.15, -0.1) is 0 Å². The van der Waals surface area contributed by atoms with E-state index in [0.717, 1.165) is 31.4 Å². The van der Waals surface area contributed by atoms with Crippen molar-refractivity contribution in [3.8, 4) is 5.75 Å². The number of esters is 1. The number of allylic oxidation sites excluding steroid dienone is 2. The quantitative estimate of drug-likeness (QED) is 0.656. The zero-order valence-electron chi connectivity index (χ0n) is 17.2. The fraction of sp³-hybridized carbons (Fsp3) is 0.400. The first kappa shape index (κ1) is 18.8. The highest BCUT2D eigenvalue weighted by molar-refractivity contribution is 5.99. The van der Waals surface area contributed by atoms with Crippen molar-refractivity contribution in [1.82, 2.24) is 0 Å². The van der Waals surface area contributed by atoms with E-state index in [4.69, 9.17) is 9.47 Å². The second-order valence-corrected chi connectivity index (χ2v) is 7.83. The Morgan fingerprint density at radius 2 is 1.46 bits per heavy atom. The molecule has 3 nitrogen and oxygen atoms in total. The van der Waals surface area contributed by atoms with Gasteiger partial charge in [0.05, 0.1) is 19.8 Å². The van der Waals surface area contributed by atoms with Gasteiger partial charge in [0.1, 0.15) is 5.75 Å². The maximum Gasteiger partial charge on any atom is 0.337 e. The SMILES string of the molecule is CC[C@@H]1Cc2cc(OC)ccc2C2=C1c1ccc(C(=O)OC)cc1C[C@@H]2CC. The van der Waals surface area contributed by atoms with E-state index in [1.54, 1.807) is 7.11 Å². The average Bonchev–Trinajstić information content (AvgIpc) is 2.75. The van der Waals surface area contributed by atoms with Crippen molar-refractivity contribution >= 4 is 17.1 Å². The fourth-order valence-corrected chi connectivity index (χ4v) is 5.00. The van der Waals surface area contributed by atoms with Crippen molar-refractivity contribution in [1.29, 1.82) is 0 Å². The monoisotopic (exact) mass is 376 g/mol. The van der Waals surface area contributed by atoms with Crippen LogP contribution in [-0.2, 0) is 17.6 Å². The van der Waals surface area contributed by atoms with Crippen molar-refractivity contribution in [2.45, 2.75) is 39.5 Å². The third-order valence-electron chi connectivity index (χ3n) is 6.44. The van der Waals surface area contributed by atoms with E-state index in [-0.39, 0.29) is 5.97 Å². The second kappa shape index (κ2) is 7.46. The molecule has 0 N–H and O–H groups in total. The number of benzene rings is 2. The molecule has 2 aliphatic rings. The van der Waals surface area contributed by atoms with Crippen LogP contribution in [0, 0.1) is 11.8 Å². The molecule has 0 saturated carbocycles. The maximum atomic E-state index is 12.0. The van der Waals surface area contributed by atoms with Gasteiger partial charge in [-0.1, -0.05) is 26.0 Å². The minimum Gasteiger partial charge on any atom is -0.497 e. The molecule has 2 aromatic carbocycles. The number of ether oxygens (including phenoxy) is 2. The first-order valence-electron chi connectivity index (χ1n) is 10.2. The number of hydrogen-bond acceptors (Lipinski definition) is 3. The highest BCUT2D eigenvalue weighted by Crippen LogP contribution is 2.51.